The number of rotatable bonds is 5. The van der Waals surface area contributed by atoms with Crippen LogP contribution in [0.25, 0.3) is 0 Å². The Labute approximate surface area is 127 Å². The fourth-order valence-corrected chi connectivity index (χ4v) is 4.82. The van der Waals surface area contributed by atoms with Gasteiger partial charge < -0.3 is 5.32 Å². The Balaban J connectivity index is 2.29. The largest absolute Gasteiger partial charge is 0.316 e. The second-order valence-corrected chi connectivity index (χ2v) is 7.79. The third-order valence-electron chi connectivity index (χ3n) is 3.21. The molecule has 0 spiro atoms. The van der Waals surface area contributed by atoms with Crippen LogP contribution in [0, 0.1) is 11.6 Å². The maximum absolute atomic E-state index is 13.9. The summed E-state index contributed by atoms with van der Waals surface area (Å²) < 4.78 is 54.5. The lowest BCUT2D eigenvalue weighted by Gasteiger charge is -2.22. The van der Waals surface area contributed by atoms with Crippen molar-refractivity contribution in [3.05, 3.63) is 29.3 Å². The molecule has 1 saturated heterocycles. The summed E-state index contributed by atoms with van der Waals surface area (Å²) in [5, 5.41) is 2.78. The van der Waals surface area contributed by atoms with Gasteiger partial charge in [-0.1, -0.05) is 0 Å². The molecule has 0 amide bonds. The van der Waals surface area contributed by atoms with E-state index in [0.29, 0.717) is 17.7 Å². The van der Waals surface area contributed by atoms with Crippen molar-refractivity contribution in [3.8, 4) is 0 Å². The van der Waals surface area contributed by atoms with Gasteiger partial charge in [0.2, 0.25) is 10.0 Å². The van der Waals surface area contributed by atoms with Crippen molar-refractivity contribution >= 4 is 21.8 Å². The molecule has 0 radical (unpaired) electrons. The highest BCUT2D eigenvalue weighted by atomic mass is 32.2. The van der Waals surface area contributed by atoms with E-state index >= 15 is 0 Å². The highest BCUT2D eigenvalue weighted by molar-refractivity contribution is 7.99. The molecule has 118 valence electrons. The Bertz CT molecular complexity index is 602. The predicted molar refractivity (Wildman–Crippen MR) is 79.8 cm³/mol. The molecule has 1 atom stereocenters. The Morgan fingerprint density at radius 1 is 1.38 bits per heavy atom. The van der Waals surface area contributed by atoms with Crippen LogP contribution >= 0.6 is 11.8 Å². The molecular weight excluding hydrogens is 318 g/mol. The fraction of sp³-hybridized carbons (Fsp3) is 0.538. The van der Waals surface area contributed by atoms with Gasteiger partial charge in [0.1, 0.15) is 4.90 Å². The summed E-state index contributed by atoms with van der Waals surface area (Å²) in [6.07, 6.45) is 1.63. The van der Waals surface area contributed by atoms with Gasteiger partial charge in [-0.25, -0.2) is 21.9 Å². The van der Waals surface area contributed by atoms with E-state index in [1.54, 1.807) is 18.8 Å². The van der Waals surface area contributed by atoms with Crippen molar-refractivity contribution in [2.24, 2.45) is 0 Å². The van der Waals surface area contributed by atoms with Gasteiger partial charge in [0.25, 0.3) is 0 Å². The van der Waals surface area contributed by atoms with E-state index in [-0.39, 0.29) is 12.6 Å². The Morgan fingerprint density at radius 3 is 2.76 bits per heavy atom. The smallest absolute Gasteiger partial charge is 0.243 e. The minimum Gasteiger partial charge on any atom is -0.316 e. The molecule has 21 heavy (non-hydrogen) atoms. The first-order valence-corrected chi connectivity index (χ1v) is 9.30. The Hall–Kier alpha value is -0.700. The van der Waals surface area contributed by atoms with E-state index in [1.165, 1.54) is 6.07 Å². The van der Waals surface area contributed by atoms with E-state index < -0.39 is 26.6 Å². The monoisotopic (exact) mass is 336 g/mol. The molecule has 0 saturated carbocycles. The van der Waals surface area contributed by atoms with Crippen LogP contribution in [-0.2, 0) is 16.6 Å². The second-order valence-electron chi connectivity index (χ2n) is 4.96. The number of halogens is 2. The molecule has 0 aromatic heterocycles. The van der Waals surface area contributed by atoms with Crippen LogP contribution in [0.4, 0.5) is 8.78 Å². The molecule has 4 nitrogen and oxygen atoms in total. The van der Waals surface area contributed by atoms with E-state index in [1.807, 2.05) is 0 Å². The van der Waals surface area contributed by atoms with Crippen molar-refractivity contribution in [2.45, 2.75) is 30.3 Å². The van der Waals surface area contributed by atoms with Crippen molar-refractivity contribution in [3.63, 3.8) is 0 Å². The van der Waals surface area contributed by atoms with Crippen LogP contribution in [-0.4, -0.2) is 33.0 Å². The van der Waals surface area contributed by atoms with Crippen LogP contribution in [0.2, 0.25) is 0 Å². The van der Waals surface area contributed by atoms with Crippen molar-refractivity contribution in [1.29, 1.82) is 0 Å². The lowest BCUT2D eigenvalue weighted by atomic mass is 10.2. The van der Waals surface area contributed by atoms with Crippen LogP contribution in [0.3, 0.4) is 0 Å². The molecule has 2 rings (SSSR count). The van der Waals surface area contributed by atoms with Crippen molar-refractivity contribution in [1.82, 2.24) is 10.0 Å². The number of hydrogen-bond acceptors (Lipinski definition) is 4. The molecule has 1 unspecified atom stereocenters. The number of benzene rings is 1. The quantitative estimate of drug-likeness (QED) is 0.862. The molecule has 1 aliphatic heterocycles. The summed E-state index contributed by atoms with van der Waals surface area (Å²) in [6.45, 7) is 0.263. The third kappa shape index (κ3) is 4.15. The molecule has 1 fully saturated rings. The van der Waals surface area contributed by atoms with Crippen LogP contribution in [0.15, 0.2) is 17.0 Å². The van der Waals surface area contributed by atoms with E-state index in [4.69, 9.17) is 0 Å². The van der Waals surface area contributed by atoms with Gasteiger partial charge in [-0.15, -0.1) is 0 Å². The average molecular weight is 336 g/mol. The maximum atomic E-state index is 13.9. The zero-order valence-corrected chi connectivity index (χ0v) is 13.3. The number of nitrogens with one attached hydrogen (secondary N) is 2. The molecule has 1 aromatic rings. The summed E-state index contributed by atoms with van der Waals surface area (Å²) >= 11 is 1.65. The van der Waals surface area contributed by atoms with Crippen LogP contribution in [0.5, 0.6) is 0 Å². The van der Waals surface area contributed by atoms with Gasteiger partial charge in [-0.2, -0.15) is 11.8 Å². The summed E-state index contributed by atoms with van der Waals surface area (Å²) in [7, 11) is -2.41. The highest BCUT2D eigenvalue weighted by Crippen LogP contribution is 2.23. The van der Waals surface area contributed by atoms with Crippen molar-refractivity contribution < 1.29 is 17.2 Å². The first-order chi connectivity index (χ1) is 9.94. The normalized spacial score (nSPS) is 19.7. The number of hydrogen-bond donors (Lipinski definition) is 2. The van der Waals surface area contributed by atoms with Crippen molar-refractivity contribution in [2.75, 3.05) is 18.6 Å². The topological polar surface area (TPSA) is 58.2 Å². The molecular formula is C13H18F2N2O2S2. The molecule has 1 aromatic carbocycles. The fourth-order valence-electron chi connectivity index (χ4n) is 2.24. The molecule has 1 aliphatic rings. The minimum atomic E-state index is -4.06. The van der Waals surface area contributed by atoms with Gasteiger partial charge in [0, 0.05) is 18.3 Å². The van der Waals surface area contributed by atoms with Crippen LogP contribution in [0.1, 0.15) is 18.4 Å². The molecule has 2 N–H and O–H groups in total. The van der Waals surface area contributed by atoms with E-state index in [2.05, 4.69) is 10.0 Å². The Morgan fingerprint density at radius 2 is 2.14 bits per heavy atom. The zero-order valence-electron chi connectivity index (χ0n) is 11.7. The predicted octanol–water partition coefficient (Wildman–Crippen LogP) is 1.86. The lowest BCUT2D eigenvalue weighted by molar-refractivity contribution is 0.477. The average Bonchev–Trinajstić information content (AvgIpc) is 2.43. The Kier molecular flexibility index (Phi) is 5.59. The number of thioether (sulfide) groups is 1. The van der Waals surface area contributed by atoms with E-state index in [9.17, 15) is 17.2 Å². The molecule has 1 heterocycles. The van der Waals surface area contributed by atoms with E-state index in [0.717, 1.165) is 18.2 Å². The molecule has 0 bridgehead atoms. The second kappa shape index (κ2) is 7.04. The first kappa shape index (κ1) is 16.7. The minimum absolute atomic E-state index is 0.232. The van der Waals surface area contributed by atoms with Gasteiger partial charge in [-0.3, -0.25) is 0 Å². The van der Waals surface area contributed by atoms with Crippen LogP contribution < -0.4 is 10.0 Å². The highest BCUT2D eigenvalue weighted by Gasteiger charge is 2.26. The summed E-state index contributed by atoms with van der Waals surface area (Å²) in [5.41, 5.74) is 0.384. The SMILES string of the molecule is CNCc1cc(F)c(F)c(S(=O)(=O)NC2CCCSC2)c1. The maximum Gasteiger partial charge on any atom is 0.243 e. The summed E-state index contributed by atoms with van der Waals surface area (Å²) in [6, 6.07) is 1.94. The number of sulfonamides is 1. The standard InChI is InChI=1S/C13H18F2N2O2S2/c1-16-7-9-5-11(14)13(15)12(6-9)21(18,19)17-10-3-2-4-20-8-10/h5-6,10,16-17H,2-4,7-8H2,1H3. The van der Waals surface area contributed by atoms with Gasteiger partial charge >= 0.3 is 0 Å². The zero-order chi connectivity index (χ0) is 15.5. The summed E-state index contributed by atoms with van der Waals surface area (Å²) in [4.78, 5) is -0.622. The van der Waals surface area contributed by atoms with Gasteiger partial charge in [-0.05, 0) is 43.3 Å². The third-order valence-corrected chi connectivity index (χ3v) is 5.94. The molecule has 0 aliphatic carbocycles. The molecule has 8 heteroatoms. The van der Waals surface area contributed by atoms with Gasteiger partial charge in [0.15, 0.2) is 11.6 Å². The summed E-state index contributed by atoms with van der Waals surface area (Å²) in [5.74, 6) is -0.828. The van der Waals surface area contributed by atoms with Gasteiger partial charge in [0.05, 0.1) is 0 Å². The first-order valence-electron chi connectivity index (χ1n) is 6.66. The lowest BCUT2D eigenvalue weighted by Crippen LogP contribution is -2.38.